The van der Waals surface area contributed by atoms with Crippen molar-refractivity contribution in [2.75, 3.05) is 10.8 Å². The third-order valence-electron chi connectivity index (χ3n) is 5.74. The molecule has 0 radical (unpaired) electrons. The van der Waals surface area contributed by atoms with Crippen LogP contribution in [0.3, 0.4) is 0 Å². The summed E-state index contributed by atoms with van der Waals surface area (Å²) in [5, 5.41) is 2.89. The van der Waals surface area contributed by atoms with Crippen LogP contribution in [-0.2, 0) is 26.2 Å². The highest BCUT2D eigenvalue weighted by atomic mass is 79.9. The number of carbonyl (C=O) groups excluding carboxylic acids is 2. The average molecular weight is 587 g/mol. The Hall–Kier alpha value is -3.17. The zero-order valence-electron chi connectivity index (χ0n) is 21.2. The van der Waals surface area contributed by atoms with Crippen molar-refractivity contribution in [3.8, 4) is 0 Å². The minimum atomic E-state index is -4.07. The molecule has 3 aromatic carbocycles. The predicted molar refractivity (Wildman–Crippen MR) is 149 cm³/mol. The second-order valence-corrected chi connectivity index (χ2v) is 11.7. The summed E-state index contributed by atoms with van der Waals surface area (Å²) in [7, 11) is -4.07. The number of sulfonamides is 1. The van der Waals surface area contributed by atoms with Gasteiger partial charge in [-0.25, -0.2) is 8.42 Å². The van der Waals surface area contributed by atoms with Gasteiger partial charge in [0.05, 0.1) is 10.6 Å². The normalized spacial score (nSPS) is 12.1. The molecule has 0 heterocycles. The zero-order valence-corrected chi connectivity index (χ0v) is 23.6. The molecule has 1 atom stereocenters. The second kappa shape index (κ2) is 12.9. The minimum Gasteiger partial charge on any atom is -0.352 e. The number of halogens is 1. The largest absolute Gasteiger partial charge is 0.352 e. The highest BCUT2D eigenvalue weighted by Gasteiger charge is 2.33. The van der Waals surface area contributed by atoms with Gasteiger partial charge in [-0.05, 0) is 62.2 Å². The van der Waals surface area contributed by atoms with Gasteiger partial charge >= 0.3 is 0 Å². The molecule has 3 rings (SSSR count). The van der Waals surface area contributed by atoms with E-state index in [1.165, 1.54) is 17.0 Å². The molecular formula is C28H32BrN3O4S. The van der Waals surface area contributed by atoms with Crippen molar-refractivity contribution >= 4 is 43.5 Å². The van der Waals surface area contributed by atoms with E-state index in [0.717, 1.165) is 14.3 Å². The molecule has 0 aromatic heterocycles. The Bertz CT molecular complexity index is 1280. The van der Waals surface area contributed by atoms with E-state index in [9.17, 15) is 18.0 Å². The van der Waals surface area contributed by atoms with Crippen molar-refractivity contribution in [2.24, 2.45) is 0 Å². The number of hydrogen-bond donors (Lipinski definition) is 1. The van der Waals surface area contributed by atoms with E-state index in [1.807, 2.05) is 51.1 Å². The first-order chi connectivity index (χ1) is 17.6. The number of hydrogen-bond acceptors (Lipinski definition) is 4. The van der Waals surface area contributed by atoms with Gasteiger partial charge in [0, 0.05) is 17.1 Å². The van der Waals surface area contributed by atoms with Crippen molar-refractivity contribution in [2.45, 2.75) is 50.7 Å². The fourth-order valence-electron chi connectivity index (χ4n) is 3.94. The summed E-state index contributed by atoms with van der Waals surface area (Å²) in [4.78, 5) is 28.5. The summed E-state index contributed by atoms with van der Waals surface area (Å²) in [6.45, 7) is 5.26. The van der Waals surface area contributed by atoms with E-state index in [4.69, 9.17) is 0 Å². The number of amides is 2. The van der Waals surface area contributed by atoms with Crippen molar-refractivity contribution in [1.29, 1.82) is 0 Å². The summed E-state index contributed by atoms with van der Waals surface area (Å²) in [5.41, 5.74) is 1.19. The molecule has 2 amide bonds. The first-order valence-electron chi connectivity index (χ1n) is 12.1. The summed E-state index contributed by atoms with van der Waals surface area (Å²) in [5.74, 6) is -0.750. The van der Waals surface area contributed by atoms with Crippen molar-refractivity contribution in [1.82, 2.24) is 10.2 Å². The molecule has 0 aliphatic rings. The van der Waals surface area contributed by atoms with Crippen LogP contribution >= 0.6 is 15.9 Å². The summed E-state index contributed by atoms with van der Waals surface area (Å²) in [6.07, 6.45) is 0.376. The Kier molecular flexibility index (Phi) is 9.88. The van der Waals surface area contributed by atoms with Crippen LogP contribution in [0.5, 0.6) is 0 Å². The lowest BCUT2D eigenvalue weighted by molar-refractivity contribution is -0.140. The molecule has 0 aliphatic carbocycles. The van der Waals surface area contributed by atoms with Crippen LogP contribution < -0.4 is 9.62 Å². The summed E-state index contributed by atoms with van der Waals surface area (Å²) in [6, 6.07) is 23.2. The van der Waals surface area contributed by atoms with Gasteiger partial charge in [0.1, 0.15) is 12.6 Å². The molecule has 0 spiro atoms. The molecule has 0 fully saturated rings. The molecule has 0 saturated heterocycles. The lowest BCUT2D eigenvalue weighted by Crippen LogP contribution is -2.53. The lowest BCUT2D eigenvalue weighted by atomic mass is 10.1. The monoisotopic (exact) mass is 585 g/mol. The summed E-state index contributed by atoms with van der Waals surface area (Å²) >= 11 is 3.38. The van der Waals surface area contributed by atoms with Crippen LogP contribution in [0.25, 0.3) is 0 Å². The van der Waals surface area contributed by atoms with E-state index in [1.54, 1.807) is 42.5 Å². The molecule has 0 aliphatic heterocycles. The number of nitrogens with one attached hydrogen (secondary N) is 1. The van der Waals surface area contributed by atoms with Gasteiger partial charge in [0.2, 0.25) is 11.8 Å². The summed E-state index contributed by atoms with van der Waals surface area (Å²) < 4.78 is 29.3. The molecule has 7 nitrogen and oxygen atoms in total. The van der Waals surface area contributed by atoms with Gasteiger partial charge < -0.3 is 10.2 Å². The van der Waals surface area contributed by atoms with Gasteiger partial charge in [-0.1, -0.05) is 71.4 Å². The van der Waals surface area contributed by atoms with E-state index >= 15 is 0 Å². The standard InChI is InChI=1S/C28H32BrN3O4S/c1-4-26(28(34)30-21(2)3)31(19-22-11-7-5-8-12-22)27(33)20-32(24-17-15-23(29)16-18-24)37(35,36)25-13-9-6-10-14-25/h5-18,21,26H,4,19-20H2,1-3H3,(H,30,34)/t26-/m1/s1. The Labute approximate surface area is 227 Å². The molecule has 9 heteroatoms. The topological polar surface area (TPSA) is 86.8 Å². The maximum absolute atomic E-state index is 13.9. The second-order valence-electron chi connectivity index (χ2n) is 8.90. The zero-order chi connectivity index (χ0) is 27.0. The molecule has 196 valence electrons. The number of anilines is 1. The van der Waals surface area contributed by atoms with Gasteiger partial charge in [-0.3, -0.25) is 13.9 Å². The quantitative estimate of drug-likeness (QED) is 0.344. The van der Waals surface area contributed by atoms with Crippen molar-refractivity contribution in [3.63, 3.8) is 0 Å². The molecule has 0 bridgehead atoms. The Morgan fingerprint density at radius 1 is 0.892 bits per heavy atom. The van der Waals surface area contributed by atoms with Crippen LogP contribution in [0.1, 0.15) is 32.8 Å². The van der Waals surface area contributed by atoms with Crippen LogP contribution in [0.2, 0.25) is 0 Å². The fourth-order valence-corrected chi connectivity index (χ4v) is 5.64. The maximum Gasteiger partial charge on any atom is 0.264 e. The van der Waals surface area contributed by atoms with E-state index in [0.29, 0.717) is 12.1 Å². The Morgan fingerprint density at radius 3 is 2.00 bits per heavy atom. The van der Waals surface area contributed by atoms with Crippen LogP contribution in [0, 0.1) is 0 Å². The highest BCUT2D eigenvalue weighted by molar-refractivity contribution is 9.10. The van der Waals surface area contributed by atoms with Gasteiger partial charge in [-0.2, -0.15) is 0 Å². The molecule has 1 N–H and O–H groups in total. The van der Waals surface area contributed by atoms with Gasteiger partial charge in [-0.15, -0.1) is 0 Å². The van der Waals surface area contributed by atoms with E-state index in [-0.39, 0.29) is 23.4 Å². The van der Waals surface area contributed by atoms with Crippen molar-refractivity contribution < 1.29 is 18.0 Å². The van der Waals surface area contributed by atoms with E-state index < -0.39 is 28.5 Å². The number of carbonyl (C=O) groups is 2. The molecular weight excluding hydrogens is 554 g/mol. The molecule has 0 unspecified atom stereocenters. The molecule has 3 aromatic rings. The van der Waals surface area contributed by atoms with Crippen LogP contribution in [0.15, 0.2) is 94.3 Å². The Balaban J connectivity index is 2.03. The van der Waals surface area contributed by atoms with Gasteiger partial charge in [0.25, 0.3) is 10.0 Å². The van der Waals surface area contributed by atoms with E-state index in [2.05, 4.69) is 21.2 Å². The Morgan fingerprint density at radius 2 is 1.46 bits per heavy atom. The molecule has 0 saturated carbocycles. The third-order valence-corrected chi connectivity index (χ3v) is 8.05. The van der Waals surface area contributed by atoms with Gasteiger partial charge in [0.15, 0.2) is 0 Å². The maximum atomic E-state index is 13.9. The predicted octanol–water partition coefficient (Wildman–Crippen LogP) is 4.98. The number of benzene rings is 3. The lowest BCUT2D eigenvalue weighted by Gasteiger charge is -2.33. The first-order valence-corrected chi connectivity index (χ1v) is 14.3. The first kappa shape index (κ1) is 28.4. The third kappa shape index (κ3) is 7.42. The highest BCUT2D eigenvalue weighted by Crippen LogP contribution is 2.26. The minimum absolute atomic E-state index is 0.0740. The van der Waals surface area contributed by atoms with Crippen molar-refractivity contribution in [3.05, 3.63) is 95.0 Å². The average Bonchev–Trinajstić information content (AvgIpc) is 2.88. The number of rotatable bonds is 11. The van der Waals surface area contributed by atoms with Crippen LogP contribution in [-0.4, -0.2) is 43.8 Å². The van der Waals surface area contributed by atoms with Crippen LogP contribution in [0.4, 0.5) is 5.69 Å². The fraction of sp³-hybridized carbons (Fsp3) is 0.286. The smallest absolute Gasteiger partial charge is 0.264 e. The molecule has 37 heavy (non-hydrogen) atoms. The SMILES string of the molecule is CC[C@H](C(=O)NC(C)C)N(Cc1ccccc1)C(=O)CN(c1ccc(Br)cc1)S(=O)(=O)c1ccccc1. The number of nitrogens with zero attached hydrogens (tertiary/aromatic N) is 2.